The first kappa shape index (κ1) is 25.6. The molecule has 0 atom stereocenters. The van der Waals surface area contributed by atoms with E-state index in [4.69, 9.17) is 0 Å². The van der Waals surface area contributed by atoms with Crippen LogP contribution in [-0.2, 0) is 12.8 Å². The highest BCUT2D eigenvalue weighted by atomic mass is 14.9. The van der Waals surface area contributed by atoms with E-state index < -0.39 is 0 Å². The van der Waals surface area contributed by atoms with Gasteiger partial charge in [0.05, 0.1) is 0 Å². The maximum atomic E-state index is 4.63. The van der Waals surface area contributed by atoms with Crippen LogP contribution < -0.4 is 0 Å². The predicted octanol–water partition coefficient (Wildman–Crippen LogP) is 9.12. The van der Waals surface area contributed by atoms with Crippen LogP contribution in [0, 0.1) is 0 Å². The molecular formula is C29H46N2. The Kier molecular flexibility index (Phi) is 14.0. The smallest absolute Gasteiger partial charge is 0.159 e. The van der Waals surface area contributed by atoms with Gasteiger partial charge in [-0.3, -0.25) is 0 Å². The number of aryl methyl sites for hydroxylation is 2. The quantitative estimate of drug-likeness (QED) is 0.224. The fourth-order valence-corrected chi connectivity index (χ4v) is 4.20. The van der Waals surface area contributed by atoms with Gasteiger partial charge >= 0.3 is 0 Å². The van der Waals surface area contributed by atoms with E-state index in [0.717, 1.165) is 17.8 Å². The summed E-state index contributed by atoms with van der Waals surface area (Å²) in [4.78, 5) is 9.25. The lowest BCUT2D eigenvalue weighted by Gasteiger charge is -2.06. The maximum absolute atomic E-state index is 4.63. The molecule has 31 heavy (non-hydrogen) atoms. The molecule has 172 valence electrons. The normalized spacial score (nSPS) is 11.2. The third-order valence-corrected chi connectivity index (χ3v) is 6.31. The summed E-state index contributed by atoms with van der Waals surface area (Å²) in [5.41, 5.74) is 3.82. The van der Waals surface area contributed by atoms with Crippen molar-refractivity contribution >= 4 is 0 Å². The summed E-state index contributed by atoms with van der Waals surface area (Å²) in [6, 6.07) is 8.85. The second-order valence-corrected chi connectivity index (χ2v) is 9.21. The molecule has 2 aromatic rings. The van der Waals surface area contributed by atoms with Gasteiger partial charge in [-0.05, 0) is 36.8 Å². The van der Waals surface area contributed by atoms with E-state index in [1.165, 1.54) is 114 Å². The van der Waals surface area contributed by atoms with Crippen LogP contribution in [0.5, 0.6) is 0 Å². The molecule has 0 bridgehead atoms. The Morgan fingerprint density at radius 2 is 0.903 bits per heavy atom. The molecule has 0 N–H and O–H groups in total. The zero-order valence-electron chi connectivity index (χ0n) is 20.4. The van der Waals surface area contributed by atoms with E-state index in [9.17, 15) is 0 Å². The maximum Gasteiger partial charge on any atom is 0.159 e. The van der Waals surface area contributed by atoms with E-state index in [-0.39, 0.29) is 0 Å². The molecule has 0 amide bonds. The minimum Gasteiger partial charge on any atom is -0.236 e. The van der Waals surface area contributed by atoms with Crippen LogP contribution in [0.2, 0.25) is 0 Å². The lowest BCUT2D eigenvalue weighted by atomic mass is 10.0. The van der Waals surface area contributed by atoms with E-state index >= 15 is 0 Å². The number of unbranched alkanes of at least 4 members (excludes halogenated alkanes) is 13. The van der Waals surface area contributed by atoms with Gasteiger partial charge in [-0.2, -0.15) is 0 Å². The molecule has 2 rings (SSSR count). The number of nitrogens with zero attached hydrogens (tertiary/aromatic N) is 2. The first-order valence-electron chi connectivity index (χ1n) is 13.2. The molecule has 0 unspecified atom stereocenters. The summed E-state index contributed by atoms with van der Waals surface area (Å²) in [5.74, 6) is 0.848. The average Bonchev–Trinajstić information content (AvgIpc) is 2.81. The van der Waals surface area contributed by atoms with Crippen LogP contribution in [-0.4, -0.2) is 9.97 Å². The van der Waals surface area contributed by atoms with Crippen LogP contribution in [0.25, 0.3) is 11.4 Å². The molecule has 0 radical (unpaired) electrons. The van der Waals surface area contributed by atoms with Gasteiger partial charge in [-0.25, -0.2) is 9.97 Å². The Hall–Kier alpha value is -1.70. The molecule has 0 fully saturated rings. The minimum atomic E-state index is 0.848. The van der Waals surface area contributed by atoms with E-state index in [1.54, 1.807) is 0 Å². The van der Waals surface area contributed by atoms with Crippen molar-refractivity contribution in [2.75, 3.05) is 0 Å². The van der Waals surface area contributed by atoms with Gasteiger partial charge < -0.3 is 0 Å². The van der Waals surface area contributed by atoms with Gasteiger partial charge in [-0.1, -0.05) is 122 Å². The Labute approximate surface area is 192 Å². The van der Waals surface area contributed by atoms with E-state index in [0.29, 0.717) is 0 Å². The van der Waals surface area contributed by atoms with Crippen molar-refractivity contribution < 1.29 is 0 Å². The van der Waals surface area contributed by atoms with Gasteiger partial charge in [-0.15, -0.1) is 0 Å². The first-order valence-corrected chi connectivity index (χ1v) is 13.2. The fourth-order valence-electron chi connectivity index (χ4n) is 4.20. The van der Waals surface area contributed by atoms with Gasteiger partial charge in [0.25, 0.3) is 0 Å². The molecule has 0 aliphatic heterocycles. The second-order valence-electron chi connectivity index (χ2n) is 9.21. The lowest BCUT2D eigenvalue weighted by molar-refractivity contribution is 0.556. The lowest BCUT2D eigenvalue weighted by Crippen LogP contribution is -1.94. The largest absolute Gasteiger partial charge is 0.236 e. The second kappa shape index (κ2) is 16.9. The van der Waals surface area contributed by atoms with Gasteiger partial charge in [0.15, 0.2) is 5.82 Å². The average molecular weight is 423 g/mol. The molecule has 0 aliphatic carbocycles. The van der Waals surface area contributed by atoms with Crippen LogP contribution in [0.1, 0.15) is 121 Å². The van der Waals surface area contributed by atoms with Gasteiger partial charge in [0.2, 0.25) is 0 Å². The third kappa shape index (κ3) is 11.5. The highest BCUT2D eigenvalue weighted by Gasteiger charge is 2.03. The van der Waals surface area contributed by atoms with Gasteiger partial charge in [0.1, 0.15) is 0 Å². The van der Waals surface area contributed by atoms with Crippen molar-refractivity contribution in [1.82, 2.24) is 9.97 Å². The van der Waals surface area contributed by atoms with Crippen molar-refractivity contribution in [3.8, 4) is 11.4 Å². The van der Waals surface area contributed by atoms with Crippen LogP contribution in [0.15, 0.2) is 36.7 Å². The number of hydrogen-bond donors (Lipinski definition) is 0. The molecule has 2 nitrogen and oxygen atoms in total. The molecular weight excluding hydrogens is 376 g/mol. The minimum absolute atomic E-state index is 0.848. The topological polar surface area (TPSA) is 25.8 Å². The monoisotopic (exact) mass is 422 g/mol. The Balaban J connectivity index is 1.60. The summed E-state index contributed by atoms with van der Waals surface area (Å²) in [6.07, 6.45) is 26.8. The fraction of sp³-hybridized carbons (Fsp3) is 0.655. The molecule has 1 heterocycles. The van der Waals surface area contributed by atoms with E-state index in [1.807, 2.05) is 12.4 Å². The van der Waals surface area contributed by atoms with Crippen molar-refractivity contribution in [2.45, 2.75) is 123 Å². The zero-order chi connectivity index (χ0) is 22.0. The Morgan fingerprint density at radius 3 is 1.39 bits per heavy atom. The van der Waals surface area contributed by atoms with Gasteiger partial charge in [0, 0.05) is 18.0 Å². The standard InChI is InChI=1S/C29H46N2/c1-3-5-7-9-10-11-12-13-15-17-19-27-24-30-29(31-25-27)28-22-20-26(21-23-28)18-16-14-8-6-4-2/h20-25H,3-19H2,1-2H3. The number of benzene rings is 1. The summed E-state index contributed by atoms with van der Waals surface area (Å²) in [5, 5.41) is 0. The van der Waals surface area contributed by atoms with Crippen LogP contribution in [0.4, 0.5) is 0 Å². The van der Waals surface area contributed by atoms with Crippen LogP contribution >= 0.6 is 0 Å². The molecule has 0 spiro atoms. The molecule has 2 heteroatoms. The highest BCUT2D eigenvalue weighted by Crippen LogP contribution is 2.18. The van der Waals surface area contributed by atoms with E-state index in [2.05, 4.69) is 48.1 Å². The Bertz CT molecular complexity index is 660. The van der Waals surface area contributed by atoms with Crippen molar-refractivity contribution in [1.29, 1.82) is 0 Å². The molecule has 1 aromatic heterocycles. The summed E-state index contributed by atoms with van der Waals surface area (Å²) in [7, 11) is 0. The van der Waals surface area contributed by atoms with Crippen LogP contribution in [0.3, 0.4) is 0 Å². The number of rotatable bonds is 18. The summed E-state index contributed by atoms with van der Waals surface area (Å²) in [6.45, 7) is 4.55. The Morgan fingerprint density at radius 1 is 0.484 bits per heavy atom. The first-order chi connectivity index (χ1) is 15.3. The molecule has 1 aromatic carbocycles. The predicted molar refractivity (Wildman–Crippen MR) is 135 cm³/mol. The molecule has 0 saturated carbocycles. The summed E-state index contributed by atoms with van der Waals surface area (Å²) >= 11 is 0. The molecule has 0 saturated heterocycles. The van der Waals surface area contributed by atoms with Crippen molar-refractivity contribution in [3.63, 3.8) is 0 Å². The summed E-state index contributed by atoms with van der Waals surface area (Å²) < 4.78 is 0. The van der Waals surface area contributed by atoms with Crippen molar-refractivity contribution in [3.05, 3.63) is 47.8 Å². The van der Waals surface area contributed by atoms with Crippen molar-refractivity contribution in [2.24, 2.45) is 0 Å². The third-order valence-electron chi connectivity index (χ3n) is 6.31. The highest BCUT2D eigenvalue weighted by molar-refractivity contribution is 5.55. The number of hydrogen-bond acceptors (Lipinski definition) is 2. The number of aromatic nitrogens is 2. The zero-order valence-corrected chi connectivity index (χ0v) is 20.4. The molecule has 0 aliphatic rings. The SMILES string of the molecule is CCCCCCCCCCCCc1cnc(-c2ccc(CCCCCCC)cc2)nc1.